The molecule has 4 rings (SSSR count). The Kier molecular flexibility index (Phi) is 5.65. The first-order chi connectivity index (χ1) is 15.1. The van der Waals surface area contributed by atoms with Crippen LogP contribution in [0.15, 0.2) is 35.5 Å². The zero-order chi connectivity index (χ0) is 23.2. The topological polar surface area (TPSA) is 77.2 Å². The number of aryl methyl sites for hydroxylation is 1. The van der Waals surface area contributed by atoms with Crippen molar-refractivity contribution >= 4 is 17.5 Å². The first kappa shape index (κ1) is 22.2. The number of halogens is 3. The van der Waals surface area contributed by atoms with Gasteiger partial charge in [-0.15, -0.1) is 0 Å². The van der Waals surface area contributed by atoms with Crippen molar-refractivity contribution in [1.82, 2.24) is 4.98 Å². The molecule has 0 bridgehead atoms. The summed E-state index contributed by atoms with van der Waals surface area (Å²) >= 11 is 0. The summed E-state index contributed by atoms with van der Waals surface area (Å²) in [4.78, 5) is 17.7. The molecule has 32 heavy (non-hydrogen) atoms. The van der Waals surface area contributed by atoms with E-state index in [4.69, 9.17) is 15.5 Å². The molecule has 2 atom stereocenters. The van der Waals surface area contributed by atoms with Gasteiger partial charge in [0.2, 0.25) is 0 Å². The van der Waals surface area contributed by atoms with E-state index in [2.05, 4.69) is 12.2 Å². The summed E-state index contributed by atoms with van der Waals surface area (Å²) in [6, 6.07) is 4.85. The molecule has 1 aliphatic heterocycles. The van der Waals surface area contributed by atoms with Crippen molar-refractivity contribution in [3.05, 3.63) is 63.5 Å². The van der Waals surface area contributed by atoms with Crippen molar-refractivity contribution in [3.63, 3.8) is 0 Å². The molecule has 0 saturated carbocycles. The average molecular weight is 445 g/mol. The number of alkyl halides is 3. The molecule has 8 heteroatoms. The average Bonchev–Trinajstić information content (AvgIpc) is 2.73. The summed E-state index contributed by atoms with van der Waals surface area (Å²) in [5.41, 5.74) is 10.4. The van der Waals surface area contributed by atoms with Gasteiger partial charge < -0.3 is 15.8 Å². The maximum absolute atomic E-state index is 13.1. The largest absolute Gasteiger partial charge is 0.463 e. The van der Waals surface area contributed by atoms with E-state index in [1.165, 1.54) is 12.1 Å². The third-order valence-electron chi connectivity index (χ3n) is 6.25. The predicted molar refractivity (Wildman–Crippen MR) is 116 cm³/mol. The van der Waals surface area contributed by atoms with Gasteiger partial charge >= 0.3 is 12.1 Å². The van der Waals surface area contributed by atoms with E-state index in [0.29, 0.717) is 39.8 Å². The van der Waals surface area contributed by atoms with Gasteiger partial charge in [0.1, 0.15) is 5.82 Å². The van der Waals surface area contributed by atoms with Gasteiger partial charge in [0.25, 0.3) is 0 Å². The Morgan fingerprint density at radius 2 is 1.97 bits per heavy atom. The smallest absolute Gasteiger partial charge is 0.416 e. The first-order valence-electron chi connectivity index (χ1n) is 10.7. The first-order valence-corrected chi connectivity index (χ1v) is 10.7. The normalized spacial score (nSPS) is 20.3. The second kappa shape index (κ2) is 8.15. The SMILES string of the molecule is CCOC(=O)C1=C(C)Nc2nc3c(c(N)c2C1c1ccc(C(F)(F)F)cc1)CC(C)CC3. The monoisotopic (exact) mass is 445 g/mol. The van der Waals surface area contributed by atoms with Crippen molar-refractivity contribution in [3.8, 4) is 0 Å². The van der Waals surface area contributed by atoms with Crippen molar-refractivity contribution in [1.29, 1.82) is 0 Å². The van der Waals surface area contributed by atoms with Crippen LogP contribution < -0.4 is 11.1 Å². The highest BCUT2D eigenvalue weighted by Gasteiger charge is 2.38. The number of fused-ring (bicyclic) bond motifs is 2. The quantitative estimate of drug-likeness (QED) is 0.635. The number of allylic oxidation sites excluding steroid dienone is 1. The van der Waals surface area contributed by atoms with E-state index in [1.807, 2.05) is 0 Å². The minimum atomic E-state index is -4.45. The Morgan fingerprint density at radius 3 is 2.59 bits per heavy atom. The van der Waals surface area contributed by atoms with E-state index >= 15 is 0 Å². The van der Waals surface area contributed by atoms with E-state index in [9.17, 15) is 18.0 Å². The molecule has 0 saturated heterocycles. The van der Waals surface area contributed by atoms with Crippen LogP contribution >= 0.6 is 0 Å². The van der Waals surface area contributed by atoms with Crippen LogP contribution in [0.4, 0.5) is 24.7 Å². The lowest BCUT2D eigenvalue weighted by Gasteiger charge is -2.33. The molecule has 3 N–H and O–H groups in total. The molecule has 1 aromatic heterocycles. The molecule has 5 nitrogen and oxygen atoms in total. The second-order valence-corrected chi connectivity index (χ2v) is 8.50. The number of ether oxygens (including phenoxy) is 1. The van der Waals surface area contributed by atoms with Crippen LogP contribution in [0.3, 0.4) is 0 Å². The minimum Gasteiger partial charge on any atom is -0.463 e. The van der Waals surface area contributed by atoms with Crippen LogP contribution in [0.25, 0.3) is 0 Å². The number of carbonyl (C=O) groups is 1. The zero-order valence-corrected chi connectivity index (χ0v) is 18.3. The summed E-state index contributed by atoms with van der Waals surface area (Å²) in [5, 5.41) is 3.19. The molecule has 0 fully saturated rings. The molecule has 1 aromatic carbocycles. The molecule has 2 aliphatic rings. The standard InChI is InChI=1S/C24H26F3N3O2/c1-4-32-23(31)18-13(3)29-22-20(21(28)16-11-12(2)5-10-17(16)30-22)19(18)14-6-8-15(9-7-14)24(25,26)27/h6-9,12,19H,4-5,10-11H2,1-3H3,(H3,28,29,30). The number of hydrogen-bond donors (Lipinski definition) is 2. The molecule has 2 unspecified atom stereocenters. The molecular formula is C24H26F3N3O2. The maximum atomic E-state index is 13.1. The van der Waals surface area contributed by atoms with Gasteiger partial charge in [-0.05, 0) is 62.3 Å². The fourth-order valence-electron chi connectivity index (χ4n) is 4.65. The molecule has 2 aromatic rings. The molecule has 0 amide bonds. The van der Waals surface area contributed by atoms with Crippen molar-refractivity contribution in [2.24, 2.45) is 5.92 Å². The lowest BCUT2D eigenvalue weighted by Crippen LogP contribution is -2.28. The number of pyridine rings is 1. The Bertz CT molecular complexity index is 1090. The lowest BCUT2D eigenvalue weighted by atomic mass is 9.78. The number of hydrogen-bond acceptors (Lipinski definition) is 5. The van der Waals surface area contributed by atoms with Crippen LogP contribution in [0.1, 0.15) is 61.1 Å². The fourth-order valence-corrected chi connectivity index (χ4v) is 4.65. The Labute approximate surface area is 184 Å². The summed E-state index contributed by atoms with van der Waals surface area (Å²) in [5.74, 6) is -0.208. The number of nitrogens with one attached hydrogen (secondary N) is 1. The highest BCUT2D eigenvalue weighted by atomic mass is 19.4. The molecule has 170 valence electrons. The molecule has 0 radical (unpaired) electrons. The van der Waals surface area contributed by atoms with Gasteiger partial charge in [-0.1, -0.05) is 19.1 Å². The number of carbonyl (C=O) groups excluding carboxylic acids is 1. The Hall–Kier alpha value is -3.03. The van der Waals surface area contributed by atoms with Gasteiger partial charge in [-0.25, -0.2) is 9.78 Å². The molecule has 2 heterocycles. The van der Waals surface area contributed by atoms with E-state index in [0.717, 1.165) is 42.7 Å². The van der Waals surface area contributed by atoms with Crippen LogP contribution in [0.2, 0.25) is 0 Å². The number of nitrogens with two attached hydrogens (primary N) is 1. The van der Waals surface area contributed by atoms with Gasteiger partial charge in [-0.2, -0.15) is 13.2 Å². The lowest BCUT2D eigenvalue weighted by molar-refractivity contribution is -0.139. The highest BCUT2D eigenvalue weighted by molar-refractivity contribution is 5.95. The highest BCUT2D eigenvalue weighted by Crippen LogP contribution is 2.47. The van der Waals surface area contributed by atoms with Crippen LogP contribution in [-0.2, 0) is 28.5 Å². The number of benzene rings is 1. The van der Waals surface area contributed by atoms with Crippen molar-refractivity contribution < 1.29 is 22.7 Å². The minimum absolute atomic E-state index is 0.178. The molecular weight excluding hydrogens is 419 g/mol. The summed E-state index contributed by atoms with van der Waals surface area (Å²) in [6.45, 7) is 5.78. The van der Waals surface area contributed by atoms with Crippen LogP contribution in [0.5, 0.6) is 0 Å². The number of anilines is 2. The Morgan fingerprint density at radius 1 is 1.28 bits per heavy atom. The number of nitrogens with zero attached hydrogens (tertiary/aromatic N) is 1. The third-order valence-corrected chi connectivity index (χ3v) is 6.25. The van der Waals surface area contributed by atoms with Gasteiger partial charge in [0, 0.05) is 28.6 Å². The van der Waals surface area contributed by atoms with E-state index < -0.39 is 23.6 Å². The van der Waals surface area contributed by atoms with E-state index in [1.54, 1.807) is 13.8 Å². The number of nitrogen functional groups attached to an aromatic ring is 1. The van der Waals surface area contributed by atoms with Crippen LogP contribution in [-0.4, -0.2) is 17.6 Å². The maximum Gasteiger partial charge on any atom is 0.416 e. The zero-order valence-electron chi connectivity index (χ0n) is 18.3. The summed E-state index contributed by atoms with van der Waals surface area (Å²) < 4.78 is 44.7. The molecule has 0 spiro atoms. The third kappa shape index (κ3) is 3.82. The summed E-state index contributed by atoms with van der Waals surface area (Å²) in [7, 11) is 0. The second-order valence-electron chi connectivity index (χ2n) is 8.50. The molecule has 1 aliphatic carbocycles. The fraction of sp³-hybridized carbons (Fsp3) is 0.417. The number of rotatable bonds is 3. The van der Waals surface area contributed by atoms with Crippen molar-refractivity contribution in [2.45, 2.75) is 52.1 Å². The van der Waals surface area contributed by atoms with Crippen molar-refractivity contribution in [2.75, 3.05) is 17.7 Å². The van der Waals surface area contributed by atoms with Crippen LogP contribution in [0, 0.1) is 5.92 Å². The van der Waals surface area contributed by atoms with Gasteiger partial charge in [0.15, 0.2) is 0 Å². The van der Waals surface area contributed by atoms with Gasteiger partial charge in [-0.3, -0.25) is 0 Å². The number of aromatic nitrogens is 1. The Balaban J connectivity index is 1.92. The van der Waals surface area contributed by atoms with E-state index in [-0.39, 0.29) is 6.61 Å². The van der Waals surface area contributed by atoms with Gasteiger partial charge in [0.05, 0.1) is 17.7 Å². The number of esters is 1. The summed E-state index contributed by atoms with van der Waals surface area (Å²) in [6.07, 6.45) is -1.84. The predicted octanol–water partition coefficient (Wildman–Crippen LogP) is 5.20.